The Morgan fingerprint density at radius 2 is 1.59 bits per heavy atom. The summed E-state index contributed by atoms with van der Waals surface area (Å²) in [5.74, 6) is -0.306. The molecule has 0 radical (unpaired) electrons. The average Bonchev–Trinajstić information content (AvgIpc) is 2.82. The number of nitrogens with zero attached hydrogens (tertiary/aromatic N) is 2. The fourth-order valence-corrected chi connectivity index (χ4v) is 4.32. The smallest absolute Gasteiger partial charge is 0.267 e. The van der Waals surface area contributed by atoms with Gasteiger partial charge in [0.1, 0.15) is 0 Å². The molecule has 1 amide bonds. The highest BCUT2D eigenvalue weighted by molar-refractivity contribution is 7.92. The predicted molar refractivity (Wildman–Crippen MR) is 139 cm³/mol. The summed E-state index contributed by atoms with van der Waals surface area (Å²) in [6.07, 6.45) is 2.81. The van der Waals surface area contributed by atoms with Gasteiger partial charge >= 0.3 is 0 Å². The van der Waals surface area contributed by atoms with Crippen LogP contribution in [0.1, 0.15) is 46.0 Å². The summed E-state index contributed by atoms with van der Waals surface area (Å²) in [5.41, 5.74) is 8.65. The van der Waals surface area contributed by atoms with E-state index in [1.165, 1.54) is 16.1 Å². The van der Waals surface area contributed by atoms with E-state index in [9.17, 15) is 13.2 Å². The van der Waals surface area contributed by atoms with Gasteiger partial charge in [-0.3, -0.25) is 9.10 Å². The number of aryl methyl sites for hydroxylation is 3. The van der Waals surface area contributed by atoms with Crippen molar-refractivity contribution in [2.75, 3.05) is 10.6 Å². The van der Waals surface area contributed by atoms with Crippen molar-refractivity contribution in [3.05, 3.63) is 101 Å². The summed E-state index contributed by atoms with van der Waals surface area (Å²) < 4.78 is 26.3. The number of hydrogen-bond donors (Lipinski definition) is 1. The third-order valence-electron chi connectivity index (χ3n) is 5.69. The number of hydrazone groups is 1. The summed E-state index contributed by atoms with van der Waals surface area (Å²) in [4.78, 5) is 12.5. The van der Waals surface area contributed by atoms with Gasteiger partial charge in [-0.15, -0.1) is 0 Å². The molecule has 0 aliphatic heterocycles. The number of benzene rings is 3. The molecule has 0 unspecified atom stereocenters. The van der Waals surface area contributed by atoms with Crippen LogP contribution < -0.4 is 9.73 Å². The molecule has 0 saturated heterocycles. The van der Waals surface area contributed by atoms with Gasteiger partial charge in [-0.1, -0.05) is 48.5 Å². The van der Waals surface area contributed by atoms with Crippen molar-refractivity contribution in [2.45, 2.75) is 40.2 Å². The molecular weight excluding hydrogens is 446 g/mol. The van der Waals surface area contributed by atoms with E-state index in [0.717, 1.165) is 35.2 Å². The Kier molecular flexibility index (Phi) is 8.23. The normalized spacial score (nSPS) is 11.8. The van der Waals surface area contributed by atoms with Crippen LogP contribution in [0.4, 0.5) is 5.69 Å². The molecule has 1 N–H and O–H groups in total. The van der Waals surface area contributed by atoms with Crippen LogP contribution in [0.5, 0.6) is 0 Å². The van der Waals surface area contributed by atoms with Gasteiger partial charge in [-0.25, -0.2) is 13.8 Å². The second kappa shape index (κ2) is 11.1. The van der Waals surface area contributed by atoms with E-state index in [2.05, 4.69) is 22.7 Å². The lowest BCUT2D eigenvalue weighted by molar-refractivity contribution is 0.0954. The number of hydrogen-bond acceptors (Lipinski definition) is 4. The molecule has 34 heavy (non-hydrogen) atoms. The molecule has 178 valence electrons. The maximum atomic E-state index is 12.5. The molecule has 0 bridgehead atoms. The zero-order chi connectivity index (χ0) is 24.7. The van der Waals surface area contributed by atoms with Crippen LogP contribution in [-0.4, -0.2) is 26.3 Å². The van der Waals surface area contributed by atoms with E-state index >= 15 is 0 Å². The number of nitrogens with one attached hydrogen (secondary N) is 1. The Balaban J connectivity index is 1.63. The minimum absolute atomic E-state index is 0.181. The largest absolute Gasteiger partial charge is 0.271 e. The number of rotatable bonds is 9. The topological polar surface area (TPSA) is 78.8 Å². The zero-order valence-corrected chi connectivity index (χ0v) is 20.9. The molecule has 0 heterocycles. The van der Waals surface area contributed by atoms with Gasteiger partial charge in [-0.05, 0) is 80.1 Å². The van der Waals surface area contributed by atoms with Crippen molar-refractivity contribution >= 4 is 27.3 Å². The van der Waals surface area contributed by atoms with Gasteiger partial charge in [-0.2, -0.15) is 5.10 Å². The van der Waals surface area contributed by atoms with Gasteiger partial charge < -0.3 is 0 Å². The third-order valence-corrected chi connectivity index (χ3v) is 6.83. The lowest BCUT2D eigenvalue weighted by Gasteiger charge is -2.23. The van der Waals surface area contributed by atoms with E-state index in [1.807, 2.05) is 57.2 Å². The SMILES string of the molecule is CC(CCc1ccccc1)=NNC(=O)c1ccc(CN(c2ccc(C)c(C)c2)S(C)(=O)=O)cc1. The molecule has 6 nitrogen and oxygen atoms in total. The fraction of sp³-hybridized carbons (Fsp3) is 0.259. The summed E-state index contributed by atoms with van der Waals surface area (Å²) in [6.45, 7) is 6.01. The molecule has 0 spiro atoms. The zero-order valence-electron chi connectivity index (χ0n) is 20.1. The third kappa shape index (κ3) is 7.02. The summed E-state index contributed by atoms with van der Waals surface area (Å²) >= 11 is 0. The van der Waals surface area contributed by atoms with E-state index in [1.54, 1.807) is 24.3 Å². The Morgan fingerprint density at radius 1 is 0.912 bits per heavy atom. The predicted octanol–water partition coefficient (Wildman–Crippen LogP) is 5.01. The van der Waals surface area contributed by atoms with Gasteiger partial charge in [0.15, 0.2) is 0 Å². The molecule has 3 rings (SSSR count). The second-order valence-electron chi connectivity index (χ2n) is 8.51. The second-order valence-corrected chi connectivity index (χ2v) is 10.4. The number of carbonyl (C=O) groups excluding carboxylic acids is 1. The first-order valence-corrected chi connectivity index (χ1v) is 13.0. The maximum absolute atomic E-state index is 12.5. The molecule has 0 atom stereocenters. The molecule has 0 saturated carbocycles. The molecule has 3 aromatic rings. The first-order valence-electron chi connectivity index (χ1n) is 11.1. The van der Waals surface area contributed by atoms with Gasteiger partial charge in [0.2, 0.25) is 10.0 Å². The van der Waals surface area contributed by atoms with Gasteiger partial charge in [0, 0.05) is 11.3 Å². The quantitative estimate of drug-likeness (QED) is 0.348. The van der Waals surface area contributed by atoms with Crippen LogP contribution in [-0.2, 0) is 23.0 Å². The lowest BCUT2D eigenvalue weighted by atomic mass is 10.1. The first-order chi connectivity index (χ1) is 16.1. The van der Waals surface area contributed by atoms with Crippen molar-refractivity contribution in [2.24, 2.45) is 5.10 Å². The standard InChI is InChI=1S/C27H31N3O3S/c1-20-10-17-26(18-21(20)2)30(34(4,32)33)19-24-13-15-25(16-14-24)27(31)29-28-22(3)11-12-23-8-6-5-7-9-23/h5-10,13-18H,11-12,19H2,1-4H3,(H,29,31). The highest BCUT2D eigenvalue weighted by atomic mass is 32.2. The minimum atomic E-state index is -3.48. The van der Waals surface area contributed by atoms with E-state index < -0.39 is 10.0 Å². The summed E-state index contributed by atoms with van der Waals surface area (Å²) in [7, 11) is -3.48. The van der Waals surface area contributed by atoms with E-state index in [4.69, 9.17) is 0 Å². The minimum Gasteiger partial charge on any atom is -0.267 e. The average molecular weight is 478 g/mol. The Bertz CT molecular complexity index is 1270. The summed E-state index contributed by atoms with van der Waals surface area (Å²) in [5, 5.41) is 4.20. The highest BCUT2D eigenvalue weighted by Gasteiger charge is 2.18. The molecule has 0 aromatic heterocycles. The van der Waals surface area contributed by atoms with Crippen LogP contribution in [0.15, 0.2) is 77.9 Å². The Hall–Kier alpha value is -3.45. The van der Waals surface area contributed by atoms with Gasteiger partial charge in [0.05, 0.1) is 18.5 Å². The first kappa shape index (κ1) is 25.2. The number of amides is 1. The molecular formula is C27H31N3O3S. The summed E-state index contributed by atoms with van der Waals surface area (Å²) in [6, 6.07) is 22.6. The van der Waals surface area contributed by atoms with Crippen molar-refractivity contribution in [3.8, 4) is 0 Å². The number of sulfonamides is 1. The number of carbonyl (C=O) groups is 1. The molecule has 0 aliphatic rings. The van der Waals surface area contributed by atoms with Crippen LogP contribution >= 0.6 is 0 Å². The molecule has 0 fully saturated rings. The Labute approximate surface area is 202 Å². The van der Waals surface area contributed by atoms with Crippen LogP contribution in [0.2, 0.25) is 0 Å². The van der Waals surface area contributed by atoms with Crippen LogP contribution in [0.3, 0.4) is 0 Å². The highest BCUT2D eigenvalue weighted by Crippen LogP contribution is 2.23. The van der Waals surface area contributed by atoms with Gasteiger partial charge in [0.25, 0.3) is 5.91 Å². The van der Waals surface area contributed by atoms with Crippen molar-refractivity contribution < 1.29 is 13.2 Å². The number of anilines is 1. The van der Waals surface area contributed by atoms with Crippen molar-refractivity contribution in [1.29, 1.82) is 0 Å². The molecule has 7 heteroatoms. The molecule has 3 aromatic carbocycles. The van der Waals surface area contributed by atoms with Crippen LogP contribution in [0.25, 0.3) is 0 Å². The monoisotopic (exact) mass is 477 g/mol. The lowest BCUT2D eigenvalue weighted by Crippen LogP contribution is -2.29. The maximum Gasteiger partial charge on any atom is 0.271 e. The van der Waals surface area contributed by atoms with E-state index in [-0.39, 0.29) is 12.5 Å². The fourth-order valence-electron chi connectivity index (χ4n) is 3.44. The van der Waals surface area contributed by atoms with E-state index in [0.29, 0.717) is 11.3 Å². The van der Waals surface area contributed by atoms with Crippen LogP contribution in [0, 0.1) is 13.8 Å². The van der Waals surface area contributed by atoms with Crippen molar-refractivity contribution in [1.82, 2.24) is 5.43 Å². The Morgan fingerprint density at radius 3 is 2.21 bits per heavy atom. The molecule has 0 aliphatic carbocycles. The van der Waals surface area contributed by atoms with Crippen molar-refractivity contribution in [3.63, 3.8) is 0 Å².